The van der Waals surface area contributed by atoms with Crippen molar-refractivity contribution in [3.63, 3.8) is 0 Å². The zero-order chi connectivity index (χ0) is 35.8. The van der Waals surface area contributed by atoms with Crippen LogP contribution in [0.4, 0.5) is 0 Å². The number of carbonyl (C=O) groups is 1. The molecule has 0 aliphatic carbocycles. The zero-order valence-electron chi connectivity index (χ0n) is 29.2. The van der Waals surface area contributed by atoms with Gasteiger partial charge in [0.1, 0.15) is 30.5 Å². The van der Waals surface area contributed by atoms with Crippen LogP contribution in [-0.4, -0.2) is 107 Å². The van der Waals surface area contributed by atoms with Crippen molar-refractivity contribution < 1.29 is 57.0 Å². The summed E-state index contributed by atoms with van der Waals surface area (Å²) in [7, 11) is -5.10. The first kappa shape index (κ1) is 44.8. The molecule has 1 amide bonds. The first-order chi connectivity index (χ1) is 22.9. The fourth-order valence-electron chi connectivity index (χ4n) is 5.69. The molecule has 0 bridgehead atoms. The molecule has 8 unspecified atom stereocenters. The lowest BCUT2D eigenvalue weighted by Crippen LogP contribution is -2.61. The highest BCUT2D eigenvalue weighted by Gasteiger charge is 2.48. The number of hydrogen-bond donors (Lipinski definition) is 7. The van der Waals surface area contributed by atoms with E-state index in [0.717, 1.165) is 38.5 Å². The van der Waals surface area contributed by atoms with E-state index < -0.39 is 78.5 Å². The Labute approximate surface area is 288 Å². The second-order valence-corrected chi connectivity index (χ2v) is 14.0. The van der Waals surface area contributed by atoms with Crippen molar-refractivity contribution in [2.75, 3.05) is 13.2 Å². The molecule has 1 rings (SSSR count). The highest BCUT2D eigenvalue weighted by Crippen LogP contribution is 2.26. The lowest BCUT2D eigenvalue weighted by Gasteiger charge is -2.41. The summed E-state index contributed by atoms with van der Waals surface area (Å²) in [5, 5.41) is 54.6. The number of ether oxygens (including phenoxy) is 2. The number of aliphatic hydroxyl groups is 5. The zero-order valence-corrected chi connectivity index (χ0v) is 30.0. The van der Waals surface area contributed by atoms with E-state index in [2.05, 4.69) is 23.3 Å². The molecule has 0 aromatic heterocycles. The van der Waals surface area contributed by atoms with E-state index in [1.807, 2.05) is 0 Å². The molecule has 284 valence electrons. The van der Waals surface area contributed by atoms with Crippen LogP contribution >= 0.6 is 0 Å². The number of amides is 1. The molecule has 8 atom stereocenters. The van der Waals surface area contributed by atoms with Gasteiger partial charge in [-0.2, -0.15) is 8.42 Å². The Morgan fingerprint density at radius 3 is 1.88 bits per heavy atom. The lowest BCUT2D eigenvalue weighted by molar-refractivity contribution is -0.298. The predicted octanol–water partition coefficient (Wildman–Crippen LogP) is 3.84. The van der Waals surface area contributed by atoms with Crippen molar-refractivity contribution in [2.45, 2.75) is 185 Å². The summed E-state index contributed by atoms with van der Waals surface area (Å²) in [5.41, 5.74) is 0. The predicted molar refractivity (Wildman–Crippen MR) is 182 cm³/mol. The minimum Gasteiger partial charge on any atom is -0.394 e. The van der Waals surface area contributed by atoms with Crippen LogP contribution in [0.1, 0.15) is 136 Å². The Kier molecular flexibility index (Phi) is 24.8. The molecule has 1 heterocycles. The molecule has 0 radical (unpaired) electrons. The molecule has 0 saturated carbocycles. The van der Waals surface area contributed by atoms with Crippen LogP contribution < -0.4 is 5.32 Å². The van der Waals surface area contributed by atoms with Gasteiger partial charge in [-0.3, -0.25) is 9.35 Å². The lowest BCUT2D eigenvalue weighted by atomic mass is 9.99. The number of nitrogens with one attached hydrogen (secondary N) is 1. The van der Waals surface area contributed by atoms with Gasteiger partial charge >= 0.3 is 10.4 Å². The minimum absolute atomic E-state index is 0.245. The van der Waals surface area contributed by atoms with E-state index in [1.165, 1.54) is 70.3 Å². The Morgan fingerprint density at radius 1 is 0.833 bits per heavy atom. The monoisotopic (exact) mass is 711 g/mol. The fraction of sp³-hybridized carbons (Fsp3) is 0.912. The molecule has 48 heavy (non-hydrogen) atoms. The van der Waals surface area contributed by atoms with Crippen LogP contribution in [0.2, 0.25) is 0 Å². The van der Waals surface area contributed by atoms with Crippen molar-refractivity contribution in [1.29, 1.82) is 0 Å². The molecule has 0 aromatic rings. The normalized spacial score (nSPS) is 23.7. The quantitative estimate of drug-likeness (QED) is 0.0335. The van der Waals surface area contributed by atoms with Gasteiger partial charge in [-0.05, 0) is 19.3 Å². The number of unbranched alkanes of at least 4 members (excludes halogenated alkanes) is 16. The minimum atomic E-state index is -5.10. The topological polar surface area (TPSA) is 212 Å². The van der Waals surface area contributed by atoms with Gasteiger partial charge in [0.05, 0.1) is 25.4 Å². The molecule has 0 spiro atoms. The number of aliphatic hydroxyl groups excluding tert-OH is 5. The Bertz CT molecular complexity index is 952. The van der Waals surface area contributed by atoms with Crippen LogP contribution in [0, 0.1) is 0 Å². The average Bonchev–Trinajstić information content (AvgIpc) is 3.05. The van der Waals surface area contributed by atoms with Crippen molar-refractivity contribution in [2.24, 2.45) is 0 Å². The number of hydrogen-bond acceptors (Lipinski definition) is 11. The summed E-state index contributed by atoms with van der Waals surface area (Å²) in [6.07, 6.45) is 12.0. The van der Waals surface area contributed by atoms with E-state index in [0.29, 0.717) is 12.8 Å². The maximum absolute atomic E-state index is 12.9. The highest BCUT2D eigenvalue weighted by molar-refractivity contribution is 7.80. The third-order valence-electron chi connectivity index (χ3n) is 8.68. The van der Waals surface area contributed by atoms with E-state index in [-0.39, 0.29) is 6.42 Å². The van der Waals surface area contributed by atoms with Crippen LogP contribution in [-0.2, 0) is 28.9 Å². The van der Waals surface area contributed by atoms with Gasteiger partial charge in [-0.25, -0.2) is 4.18 Å². The molecule has 0 aromatic carbocycles. The second kappa shape index (κ2) is 26.6. The third kappa shape index (κ3) is 19.9. The maximum atomic E-state index is 12.9. The molecular formula is C34H65NO12S. The standard InChI is InChI=1S/C34H65NO12S/c1-3-5-7-9-11-13-15-16-18-20-22-27(37)26(35-33(41)28(38)23-21-19-17-14-12-10-8-6-4-2)25-45-34-31(40)32(47-48(42,43)44)30(39)29(24-36)46-34/h20,22,26-32,34,36-40H,3-19,21,23-25H2,1-2H3,(H,35,41)(H,42,43,44)/b22-20+. The SMILES string of the molecule is CCCCCCCCCC/C=C/C(O)C(COC1OC(CO)C(O)C(OS(=O)(=O)O)C1O)NC(=O)C(O)CCCCCCCCCCC. The largest absolute Gasteiger partial charge is 0.397 e. The van der Waals surface area contributed by atoms with Gasteiger partial charge in [0, 0.05) is 0 Å². The van der Waals surface area contributed by atoms with E-state index in [1.54, 1.807) is 6.08 Å². The summed E-state index contributed by atoms with van der Waals surface area (Å²) in [6, 6.07) is -1.11. The Hall–Kier alpha value is -1.20. The van der Waals surface area contributed by atoms with Gasteiger partial charge in [0.2, 0.25) is 5.91 Å². The van der Waals surface area contributed by atoms with Gasteiger partial charge in [0.15, 0.2) is 6.29 Å². The third-order valence-corrected chi connectivity index (χ3v) is 9.14. The van der Waals surface area contributed by atoms with Gasteiger partial charge < -0.3 is 40.3 Å². The molecule has 1 aliphatic heterocycles. The molecule has 1 aliphatic rings. The summed E-state index contributed by atoms with van der Waals surface area (Å²) in [5.74, 6) is -0.708. The molecular weight excluding hydrogens is 646 g/mol. The van der Waals surface area contributed by atoms with Crippen molar-refractivity contribution >= 4 is 16.3 Å². The van der Waals surface area contributed by atoms with Gasteiger partial charge in [0.25, 0.3) is 0 Å². The second-order valence-electron chi connectivity index (χ2n) is 13.0. The maximum Gasteiger partial charge on any atom is 0.397 e. The summed E-state index contributed by atoms with van der Waals surface area (Å²) in [6.45, 7) is 3.11. The van der Waals surface area contributed by atoms with Crippen molar-refractivity contribution in [1.82, 2.24) is 5.32 Å². The Morgan fingerprint density at radius 2 is 1.35 bits per heavy atom. The van der Waals surface area contributed by atoms with E-state index in [9.17, 15) is 38.7 Å². The molecule has 13 nitrogen and oxygen atoms in total. The van der Waals surface area contributed by atoms with E-state index in [4.69, 9.17) is 14.0 Å². The van der Waals surface area contributed by atoms with Crippen LogP contribution in [0.3, 0.4) is 0 Å². The summed E-state index contributed by atoms with van der Waals surface area (Å²) >= 11 is 0. The molecule has 7 N–H and O–H groups in total. The number of carbonyl (C=O) groups excluding carboxylic acids is 1. The summed E-state index contributed by atoms with van der Waals surface area (Å²) in [4.78, 5) is 12.9. The Balaban J connectivity index is 2.77. The van der Waals surface area contributed by atoms with Crippen molar-refractivity contribution in [3.05, 3.63) is 12.2 Å². The highest BCUT2D eigenvalue weighted by atomic mass is 32.3. The van der Waals surface area contributed by atoms with Crippen molar-refractivity contribution in [3.8, 4) is 0 Å². The van der Waals surface area contributed by atoms with Crippen LogP contribution in [0.5, 0.6) is 0 Å². The first-order valence-electron chi connectivity index (χ1n) is 18.2. The van der Waals surface area contributed by atoms with Gasteiger partial charge in [-0.1, -0.05) is 129 Å². The van der Waals surface area contributed by atoms with E-state index >= 15 is 0 Å². The number of rotatable bonds is 29. The molecule has 1 saturated heterocycles. The molecule has 1 fully saturated rings. The number of allylic oxidation sites excluding steroid dienone is 1. The summed E-state index contributed by atoms with van der Waals surface area (Å²) < 4.78 is 47.1. The van der Waals surface area contributed by atoms with Crippen LogP contribution in [0.25, 0.3) is 0 Å². The van der Waals surface area contributed by atoms with Gasteiger partial charge in [-0.15, -0.1) is 0 Å². The first-order valence-corrected chi connectivity index (χ1v) is 19.5. The molecule has 14 heteroatoms. The average molecular weight is 712 g/mol. The fourth-order valence-corrected chi connectivity index (χ4v) is 6.20. The smallest absolute Gasteiger partial charge is 0.394 e. The van der Waals surface area contributed by atoms with Crippen LogP contribution in [0.15, 0.2) is 12.2 Å².